The molecule has 1 heterocycles. The summed E-state index contributed by atoms with van der Waals surface area (Å²) in [6.45, 7) is 2.28. The van der Waals surface area contributed by atoms with Crippen molar-refractivity contribution in [2.75, 3.05) is 12.4 Å². The number of nitrogens with one attached hydrogen (secondary N) is 1. The van der Waals surface area contributed by atoms with Crippen LogP contribution in [0.4, 0.5) is 10.1 Å². The van der Waals surface area contributed by atoms with E-state index in [0.29, 0.717) is 29.2 Å². The standard InChI is InChI=1S/C19H18FN3O2/c1-13-18(11-21-23(13)17-8-6-15(20)7-9-17)19(24)22-16-5-3-4-14(10-16)12-25-2/h3-11H,12H2,1-2H3,(H,22,24). The first-order valence-electron chi connectivity index (χ1n) is 7.78. The van der Waals surface area contributed by atoms with Crippen LogP contribution in [0.2, 0.25) is 0 Å². The number of methoxy groups -OCH3 is 1. The summed E-state index contributed by atoms with van der Waals surface area (Å²) in [4.78, 5) is 12.5. The molecule has 0 saturated carbocycles. The summed E-state index contributed by atoms with van der Waals surface area (Å²) >= 11 is 0. The van der Waals surface area contributed by atoms with Gasteiger partial charge < -0.3 is 10.1 Å². The number of nitrogens with zero attached hydrogens (tertiary/aromatic N) is 2. The molecule has 0 saturated heterocycles. The maximum atomic E-state index is 13.1. The summed E-state index contributed by atoms with van der Waals surface area (Å²) in [6.07, 6.45) is 1.51. The highest BCUT2D eigenvalue weighted by atomic mass is 19.1. The minimum Gasteiger partial charge on any atom is -0.380 e. The van der Waals surface area contributed by atoms with Gasteiger partial charge in [0.05, 0.1) is 29.7 Å². The van der Waals surface area contributed by atoms with Crippen molar-refractivity contribution in [2.45, 2.75) is 13.5 Å². The molecule has 25 heavy (non-hydrogen) atoms. The van der Waals surface area contributed by atoms with Crippen molar-refractivity contribution in [1.29, 1.82) is 0 Å². The molecule has 6 heteroatoms. The smallest absolute Gasteiger partial charge is 0.259 e. The Kier molecular flexibility index (Phi) is 4.90. The SMILES string of the molecule is COCc1cccc(NC(=O)c2cnn(-c3ccc(F)cc3)c2C)c1. The fourth-order valence-corrected chi connectivity index (χ4v) is 2.58. The van der Waals surface area contributed by atoms with Crippen LogP contribution < -0.4 is 5.32 Å². The second-order valence-corrected chi connectivity index (χ2v) is 5.62. The number of aromatic nitrogens is 2. The predicted octanol–water partition coefficient (Wildman–Crippen LogP) is 3.72. The van der Waals surface area contributed by atoms with E-state index in [1.54, 1.807) is 30.8 Å². The Hall–Kier alpha value is -2.99. The van der Waals surface area contributed by atoms with Gasteiger partial charge in [-0.15, -0.1) is 0 Å². The van der Waals surface area contributed by atoms with Gasteiger partial charge in [-0.05, 0) is 48.9 Å². The number of hydrogen-bond acceptors (Lipinski definition) is 3. The Balaban J connectivity index is 1.81. The average molecular weight is 339 g/mol. The number of halogens is 1. The van der Waals surface area contributed by atoms with Crippen LogP contribution in [-0.2, 0) is 11.3 Å². The maximum absolute atomic E-state index is 13.1. The molecule has 0 atom stereocenters. The third-order valence-corrected chi connectivity index (χ3v) is 3.82. The van der Waals surface area contributed by atoms with Crippen LogP contribution in [0.25, 0.3) is 5.69 Å². The second kappa shape index (κ2) is 7.27. The van der Waals surface area contributed by atoms with Gasteiger partial charge in [0.1, 0.15) is 5.82 Å². The van der Waals surface area contributed by atoms with Gasteiger partial charge in [-0.2, -0.15) is 5.10 Å². The molecule has 0 fully saturated rings. The summed E-state index contributed by atoms with van der Waals surface area (Å²) in [5, 5.41) is 7.10. The molecule has 3 rings (SSSR count). The molecule has 0 radical (unpaired) electrons. The van der Waals surface area contributed by atoms with Crippen molar-refractivity contribution in [3.8, 4) is 5.69 Å². The van der Waals surface area contributed by atoms with E-state index in [4.69, 9.17) is 4.74 Å². The summed E-state index contributed by atoms with van der Waals surface area (Å²) in [6, 6.07) is 13.4. The first-order valence-corrected chi connectivity index (χ1v) is 7.78. The van der Waals surface area contributed by atoms with Crippen molar-refractivity contribution >= 4 is 11.6 Å². The quantitative estimate of drug-likeness (QED) is 0.771. The Labute approximate surface area is 145 Å². The second-order valence-electron chi connectivity index (χ2n) is 5.62. The van der Waals surface area contributed by atoms with E-state index in [1.165, 1.54) is 18.3 Å². The molecule has 0 aliphatic heterocycles. The van der Waals surface area contributed by atoms with E-state index in [-0.39, 0.29) is 11.7 Å². The van der Waals surface area contributed by atoms with Crippen molar-refractivity contribution < 1.29 is 13.9 Å². The molecule has 0 aliphatic rings. The van der Waals surface area contributed by atoms with E-state index in [2.05, 4.69) is 10.4 Å². The number of carbonyl (C=O) groups excluding carboxylic acids is 1. The van der Waals surface area contributed by atoms with E-state index in [9.17, 15) is 9.18 Å². The minimum absolute atomic E-state index is 0.250. The number of anilines is 1. The Morgan fingerprint density at radius 1 is 1.24 bits per heavy atom. The normalized spacial score (nSPS) is 10.7. The predicted molar refractivity (Wildman–Crippen MR) is 93.4 cm³/mol. The van der Waals surface area contributed by atoms with Crippen LogP contribution in [0.1, 0.15) is 21.6 Å². The molecule has 1 aromatic heterocycles. The van der Waals surface area contributed by atoms with Gasteiger partial charge in [0, 0.05) is 12.8 Å². The number of benzene rings is 2. The van der Waals surface area contributed by atoms with E-state index < -0.39 is 0 Å². The zero-order chi connectivity index (χ0) is 17.8. The highest BCUT2D eigenvalue weighted by Crippen LogP contribution is 2.17. The number of ether oxygens (including phenoxy) is 1. The number of carbonyl (C=O) groups is 1. The van der Waals surface area contributed by atoms with Gasteiger partial charge >= 0.3 is 0 Å². The lowest BCUT2D eigenvalue weighted by Crippen LogP contribution is -2.13. The van der Waals surface area contributed by atoms with Crippen molar-refractivity contribution in [1.82, 2.24) is 9.78 Å². The first-order chi connectivity index (χ1) is 12.1. The van der Waals surface area contributed by atoms with Gasteiger partial charge in [0.2, 0.25) is 0 Å². The first kappa shape index (κ1) is 16.9. The van der Waals surface area contributed by atoms with Gasteiger partial charge in [-0.25, -0.2) is 9.07 Å². The van der Waals surface area contributed by atoms with Gasteiger partial charge in [-0.3, -0.25) is 4.79 Å². The molecule has 0 unspecified atom stereocenters. The highest BCUT2D eigenvalue weighted by molar-refractivity contribution is 6.05. The molecule has 3 aromatic rings. The fraction of sp³-hybridized carbons (Fsp3) is 0.158. The Morgan fingerprint density at radius 3 is 2.72 bits per heavy atom. The molecular weight excluding hydrogens is 321 g/mol. The van der Waals surface area contributed by atoms with Crippen LogP contribution >= 0.6 is 0 Å². The van der Waals surface area contributed by atoms with Gasteiger partial charge in [0.15, 0.2) is 0 Å². The highest BCUT2D eigenvalue weighted by Gasteiger charge is 2.15. The lowest BCUT2D eigenvalue weighted by Gasteiger charge is -2.08. The largest absolute Gasteiger partial charge is 0.380 e. The molecule has 2 aromatic carbocycles. The number of amides is 1. The summed E-state index contributed by atoms with van der Waals surface area (Å²) in [5.74, 6) is -0.567. The van der Waals surface area contributed by atoms with Gasteiger partial charge in [-0.1, -0.05) is 12.1 Å². The molecule has 0 aliphatic carbocycles. The lowest BCUT2D eigenvalue weighted by atomic mass is 10.2. The lowest BCUT2D eigenvalue weighted by molar-refractivity contribution is 0.102. The number of hydrogen-bond donors (Lipinski definition) is 1. The molecule has 128 valence electrons. The Morgan fingerprint density at radius 2 is 2.00 bits per heavy atom. The molecular formula is C19H18FN3O2. The topological polar surface area (TPSA) is 56.1 Å². The van der Waals surface area contributed by atoms with Crippen LogP contribution in [0.15, 0.2) is 54.7 Å². The summed E-state index contributed by atoms with van der Waals surface area (Å²) < 4.78 is 19.8. The zero-order valence-corrected chi connectivity index (χ0v) is 14.0. The summed E-state index contributed by atoms with van der Waals surface area (Å²) in [5.41, 5.74) is 3.49. The summed E-state index contributed by atoms with van der Waals surface area (Å²) in [7, 11) is 1.62. The zero-order valence-electron chi connectivity index (χ0n) is 14.0. The van der Waals surface area contributed by atoms with Crippen LogP contribution in [0, 0.1) is 12.7 Å². The van der Waals surface area contributed by atoms with Gasteiger partial charge in [0.25, 0.3) is 5.91 Å². The van der Waals surface area contributed by atoms with Crippen molar-refractivity contribution in [2.24, 2.45) is 0 Å². The third-order valence-electron chi connectivity index (χ3n) is 3.82. The maximum Gasteiger partial charge on any atom is 0.259 e. The van der Waals surface area contributed by atoms with Crippen molar-refractivity contribution in [3.05, 3.63) is 77.4 Å². The molecule has 0 spiro atoms. The van der Waals surface area contributed by atoms with Crippen LogP contribution in [0.5, 0.6) is 0 Å². The molecule has 0 bridgehead atoms. The Bertz CT molecular complexity index is 888. The number of rotatable bonds is 5. The molecule has 1 N–H and O–H groups in total. The monoisotopic (exact) mass is 339 g/mol. The minimum atomic E-state index is -0.317. The average Bonchev–Trinajstić information content (AvgIpc) is 2.98. The fourth-order valence-electron chi connectivity index (χ4n) is 2.58. The van der Waals surface area contributed by atoms with Crippen LogP contribution in [-0.4, -0.2) is 22.8 Å². The third kappa shape index (κ3) is 3.75. The molecule has 1 amide bonds. The molecule has 5 nitrogen and oxygen atoms in total. The van der Waals surface area contributed by atoms with E-state index >= 15 is 0 Å². The van der Waals surface area contributed by atoms with E-state index in [1.807, 2.05) is 24.3 Å². The van der Waals surface area contributed by atoms with Crippen LogP contribution in [0.3, 0.4) is 0 Å². The van der Waals surface area contributed by atoms with E-state index in [0.717, 1.165) is 5.56 Å². The van der Waals surface area contributed by atoms with Crippen molar-refractivity contribution in [3.63, 3.8) is 0 Å².